The minimum atomic E-state index is -0.0910. The summed E-state index contributed by atoms with van der Waals surface area (Å²) in [5.41, 5.74) is 0.804. The van der Waals surface area contributed by atoms with Gasteiger partial charge in [-0.15, -0.1) is 24.0 Å². The van der Waals surface area contributed by atoms with Gasteiger partial charge in [0.25, 0.3) is 0 Å². The van der Waals surface area contributed by atoms with Crippen LogP contribution >= 0.6 is 24.0 Å². The summed E-state index contributed by atoms with van der Waals surface area (Å²) in [5, 5.41) is 7.16. The third-order valence-electron chi connectivity index (χ3n) is 6.31. The molecule has 1 aromatic carbocycles. The number of benzene rings is 1. The fourth-order valence-electron chi connectivity index (χ4n) is 4.46. The van der Waals surface area contributed by atoms with E-state index in [2.05, 4.69) is 32.3 Å². The van der Waals surface area contributed by atoms with Crippen LogP contribution in [0.3, 0.4) is 0 Å². The number of aliphatic imine (C=N–C) groups is 1. The average molecular weight is 532 g/mol. The molecular weight excluding hydrogens is 492 g/mol. The van der Waals surface area contributed by atoms with E-state index in [1.807, 2.05) is 19.2 Å². The number of likely N-dealkylation sites (tertiary alicyclic amines) is 2. The van der Waals surface area contributed by atoms with Gasteiger partial charge in [0, 0.05) is 44.8 Å². The highest BCUT2D eigenvalue weighted by atomic mass is 127. The fourth-order valence-corrected chi connectivity index (χ4v) is 4.46. The first-order valence-corrected chi connectivity index (χ1v) is 11.3. The first-order valence-electron chi connectivity index (χ1n) is 11.3. The molecule has 0 unspecified atom stereocenters. The van der Waals surface area contributed by atoms with Crippen LogP contribution in [0.15, 0.2) is 29.3 Å². The molecule has 2 saturated heterocycles. The summed E-state index contributed by atoms with van der Waals surface area (Å²) >= 11 is 0. The smallest absolute Gasteiger partial charge is 0.191 e. The Balaban J connectivity index is 0.00000320. The molecule has 5 nitrogen and oxygen atoms in total. The second-order valence-electron chi connectivity index (χ2n) is 8.52. The Morgan fingerprint density at radius 2 is 1.73 bits per heavy atom. The lowest BCUT2D eigenvalue weighted by Gasteiger charge is -2.34. The maximum absolute atomic E-state index is 13.9. The molecule has 0 bridgehead atoms. The van der Waals surface area contributed by atoms with Crippen LogP contribution in [0.2, 0.25) is 0 Å². The molecule has 7 heteroatoms. The van der Waals surface area contributed by atoms with Gasteiger partial charge in [-0.05, 0) is 63.7 Å². The number of guanidine groups is 1. The van der Waals surface area contributed by atoms with Gasteiger partial charge in [0.1, 0.15) is 5.82 Å². The first kappa shape index (κ1) is 25.3. The van der Waals surface area contributed by atoms with Crippen molar-refractivity contribution in [2.75, 3.05) is 46.3 Å². The van der Waals surface area contributed by atoms with Crippen molar-refractivity contribution in [2.45, 2.75) is 51.6 Å². The van der Waals surface area contributed by atoms with E-state index < -0.39 is 0 Å². The lowest BCUT2D eigenvalue weighted by atomic mass is 9.96. The van der Waals surface area contributed by atoms with Gasteiger partial charge in [-0.25, -0.2) is 4.39 Å². The van der Waals surface area contributed by atoms with Crippen LogP contribution in [0.4, 0.5) is 4.39 Å². The number of hydrogen-bond acceptors (Lipinski definition) is 3. The van der Waals surface area contributed by atoms with E-state index in [0.29, 0.717) is 18.5 Å². The summed E-state index contributed by atoms with van der Waals surface area (Å²) in [5.74, 6) is 1.50. The van der Waals surface area contributed by atoms with Crippen LogP contribution in [-0.2, 0) is 6.54 Å². The predicted octanol–water partition coefficient (Wildman–Crippen LogP) is 3.70. The second kappa shape index (κ2) is 13.5. The molecule has 0 saturated carbocycles. The van der Waals surface area contributed by atoms with Gasteiger partial charge >= 0.3 is 0 Å². The zero-order valence-electron chi connectivity index (χ0n) is 18.6. The molecule has 30 heavy (non-hydrogen) atoms. The SMILES string of the molecule is CCCN1CCC(NC(=NC)NCC2CCN(Cc3ccccc3F)CC2)CC1.I. The molecule has 2 N–H and O–H groups in total. The van der Waals surface area contributed by atoms with E-state index in [4.69, 9.17) is 0 Å². The van der Waals surface area contributed by atoms with Gasteiger partial charge < -0.3 is 15.5 Å². The van der Waals surface area contributed by atoms with E-state index >= 15 is 0 Å². The Morgan fingerprint density at radius 3 is 2.37 bits per heavy atom. The second-order valence-corrected chi connectivity index (χ2v) is 8.52. The van der Waals surface area contributed by atoms with Gasteiger partial charge in [-0.2, -0.15) is 0 Å². The molecule has 0 radical (unpaired) electrons. The lowest BCUT2D eigenvalue weighted by Crippen LogP contribution is -2.50. The number of piperidine rings is 2. The van der Waals surface area contributed by atoms with Gasteiger partial charge in [-0.1, -0.05) is 25.1 Å². The molecule has 0 aliphatic carbocycles. The van der Waals surface area contributed by atoms with E-state index in [1.165, 1.54) is 38.9 Å². The highest BCUT2D eigenvalue weighted by molar-refractivity contribution is 14.0. The molecule has 0 amide bonds. The summed E-state index contributed by atoms with van der Waals surface area (Å²) in [6, 6.07) is 7.65. The van der Waals surface area contributed by atoms with Crippen molar-refractivity contribution in [2.24, 2.45) is 10.9 Å². The average Bonchev–Trinajstić information content (AvgIpc) is 2.75. The normalized spacial score (nSPS) is 20.0. The van der Waals surface area contributed by atoms with Crippen molar-refractivity contribution in [1.82, 2.24) is 20.4 Å². The zero-order chi connectivity index (χ0) is 20.5. The standard InChI is InChI=1S/C23H38FN5.HI/c1-3-12-28-15-10-21(11-16-28)27-23(25-2)26-17-19-8-13-29(14-9-19)18-20-6-4-5-7-22(20)24;/h4-7,19,21H,3,8-18H2,1-2H3,(H2,25,26,27);1H. The summed E-state index contributed by atoms with van der Waals surface area (Å²) in [6.07, 6.45) is 5.91. The molecule has 3 rings (SSSR count). The van der Waals surface area contributed by atoms with Crippen molar-refractivity contribution < 1.29 is 4.39 Å². The quantitative estimate of drug-likeness (QED) is 0.320. The molecule has 2 heterocycles. The Kier molecular flexibility index (Phi) is 11.4. The number of halogens is 2. The van der Waals surface area contributed by atoms with Gasteiger partial charge in [0.05, 0.1) is 0 Å². The highest BCUT2D eigenvalue weighted by Gasteiger charge is 2.22. The molecule has 2 aliphatic rings. The van der Waals surface area contributed by atoms with Crippen LogP contribution in [0.25, 0.3) is 0 Å². The maximum Gasteiger partial charge on any atom is 0.191 e. The monoisotopic (exact) mass is 531 g/mol. The van der Waals surface area contributed by atoms with Crippen molar-refractivity contribution in [3.63, 3.8) is 0 Å². The summed E-state index contributed by atoms with van der Waals surface area (Å²) in [7, 11) is 1.86. The molecule has 0 atom stereocenters. The van der Waals surface area contributed by atoms with Crippen molar-refractivity contribution >= 4 is 29.9 Å². The highest BCUT2D eigenvalue weighted by Crippen LogP contribution is 2.19. The molecular formula is C23H39FIN5. The van der Waals surface area contributed by atoms with E-state index in [0.717, 1.165) is 44.0 Å². The molecule has 2 fully saturated rings. The number of nitrogens with one attached hydrogen (secondary N) is 2. The summed E-state index contributed by atoms with van der Waals surface area (Å²) in [6.45, 7) is 9.57. The summed E-state index contributed by atoms with van der Waals surface area (Å²) < 4.78 is 13.9. The van der Waals surface area contributed by atoms with E-state index in [9.17, 15) is 4.39 Å². The van der Waals surface area contributed by atoms with Crippen LogP contribution in [0, 0.1) is 11.7 Å². The van der Waals surface area contributed by atoms with Crippen molar-refractivity contribution in [3.05, 3.63) is 35.6 Å². The van der Waals surface area contributed by atoms with Crippen LogP contribution in [0.5, 0.6) is 0 Å². The van der Waals surface area contributed by atoms with Crippen LogP contribution < -0.4 is 10.6 Å². The van der Waals surface area contributed by atoms with E-state index in [1.54, 1.807) is 12.1 Å². The molecule has 170 valence electrons. The van der Waals surface area contributed by atoms with E-state index in [-0.39, 0.29) is 29.8 Å². The Morgan fingerprint density at radius 1 is 1.07 bits per heavy atom. The first-order chi connectivity index (χ1) is 14.2. The van der Waals surface area contributed by atoms with Crippen LogP contribution in [-0.4, -0.2) is 68.1 Å². The van der Waals surface area contributed by atoms with Gasteiger partial charge in [-0.3, -0.25) is 9.89 Å². The molecule has 2 aliphatic heterocycles. The predicted molar refractivity (Wildman–Crippen MR) is 134 cm³/mol. The summed E-state index contributed by atoms with van der Waals surface area (Å²) in [4.78, 5) is 9.36. The maximum atomic E-state index is 13.9. The molecule has 0 aromatic heterocycles. The Hall–Kier alpha value is -0.930. The lowest BCUT2D eigenvalue weighted by molar-refractivity contribution is 0.176. The Labute approximate surface area is 198 Å². The molecule has 0 spiro atoms. The topological polar surface area (TPSA) is 42.9 Å². The van der Waals surface area contributed by atoms with Gasteiger partial charge in [0.15, 0.2) is 5.96 Å². The zero-order valence-corrected chi connectivity index (χ0v) is 20.9. The third kappa shape index (κ3) is 7.96. The Bertz CT molecular complexity index is 640. The molecule has 1 aromatic rings. The fraction of sp³-hybridized carbons (Fsp3) is 0.696. The number of rotatable bonds is 7. The largest absolute Gasteiger partial charge is 0.356 e. The van der Waals surface area contributed by atoms with Crippen molar-refractivity contribution in [1.29, 1.82) is 0 Å². The third-order valence-corrected chi connectivity index (χ3v) is 6.31. The minimum absolute atomic E-state index is 0. The van der Waals surface area contributed by atoms with Crippen molar-refractivity contribution in [3.8, 4) is 0 Å². The van der Waals surface area contributed by atoms with Gasteiger partial charge in [0.2, 0.25) is 0 Å². The van der Waals surface area contributed by atoms with Crippen LogP contribution in [0.1, 0.15) is 44.6 Å². The number of hydrogen-bond donors (Lipinski definition) is 2. The number of nitrogens with zero attached hydrogens (tertiary/aromatic N) is 3. The minimum Gasteiger partial charge on any atom is -0.356 e.